The zero-order chi connectivity index (χ0) is 14.4. The first-order valence-electron chi connectivity index (χ1n) is 7.12. The highest BCUT2D eigenvalue weighted by Crippen LogP contribution is 2.33. The van der Waals surface area contributed by atoms with Gasteiger partial charge in [-0.3, -0.25) is 0 Å². The first-order chi connectivity index (χ1) is 9.70. The van der Waals surface area contributed by atoms with Crippen LogP contribution in [0.5, 0.6) is 0 Å². The molecule has 0 aliphatic heterocycles. The molecule has 1 aromatic rings. The van der Waals surface area contributed by atoms with Gasteiger partial charge < -0.3 is 14.6 Å². The van der Waals surface area contributed by atoms with Crippen LogP contribution >= 0.6 is 0 Å². The average molecular weight is 289 g/mol. The average Bonchev–Trinajstić information content (AvgIpc) is 3.03. The lowest BCUT2D eigenvalue weighted by Gasteiger charge is -2.16. The molecule has 0 saturated heterocycles. The zero-order valence-corrected chi connectivity index (χ0v) is 11.6. The maximum atomic E-state index is 11.9. The zero-order valence-electron chi connectivity index (χ0n) is 11.6. The van der Waals surface area contributed by atoms with Crippen LogP contribution in [0.15, 0.2) is 4.52 Å². The van der Waals surface area contributed by atoms with Gasteiger partial charge in [-0.25, -0.2) is 8.78 Å². The standard InChI is InChI=1S/C13H21F2N3O2/c1-2-16-10-5-3-4-9(10)13-17-12(18-20-13)6-7-19-8-11(14)15/h9-11,16H,2-8H2,1H3. The molecule has 0 bridgehead atoms. The van der Waals surface area contributed by atoms with Crippen molar-refractivity contribution in [2.45, 2.75) is 51.0 Å². The SMILES string of the molecule is CCNC1CCCC1c1nc(CCOCC(F)F)no1. The van der Waals surface area contributed by atoms with Gasteiger partial charge in [0.1, 0.15) is 6.61 Å². The first kappa shape index (κ1) is 15.3. The van der Waals surface area contributed by atoms with Crippen molar-refractivity contribution in [2.75, 3.05) is 19.8 Å². The number of nitrogens with one attached hydrogen (secondary N) is 1. The summed E-state index contributed by atoms with van der Waals surface area (Å²) in [6.07, 6.45) is 1.27. The van der Waals surface area contributed by atoms with E-state index in [-0.39, 0.29) is 12.5 Å². The molecule has 1 heterocycles. The van der Waals surface area contributed by atoms with Gasteiger partial charge in [-0.05, 0) is 19.4 Å². The number of nitrogens with zero attached hydrogens (tertiary/aromatic N) is 2. The maximum absolute atomic E-state index is 11.9. The van der Waals surface area contributed by atoms with Crippen LogP contribution in [-0.2, 0) is 11.2 Å². The lowest BCUT2D eigenvalue weighted by Crippen LogP contribution is -2.31. The lowest BCUT2D eigenvalue weighted by molar-refractivity contribution is 0.0182. The Kier molecular flexibility index (Phi) is 5.85. The van der Waals surface area contributed by atoms with Gasteiger partial charge >= 0.3 is 0 Å². The van der Waals surface area contributed by atoms with Gasteiger partial charge in [-0.15, -0.1) is 0 Å². The summed E-state index contributed by atoms with van der Waals surface area (Å²) in [4.78, 5) is 4.36. The Bertz CT molecular complexity index is 401. The highest BCUT2D eigenvalue weighted by molar-refractivity contribution is 5.03. The Morgan fingerprint density at radius 2 is 2.30 bits per heavy atom. The normalized spacial score (nSPS) is 22.8. The molecule has 114 valence electrons. The molecule has 1 aliphatic rings. The molecular formula is C13H21F2N3O2. The van der Waals surface area contributed by atoms with E-state index >= 15 is 0 Å². The van der Waals surface area contributed by atoms with Crippen molar-refractivity contribution in [3.63, 3.8) is 0 Å². The summed E-state index contributed by atoms with van der Waals surface area (Å²) in [6, 6.07) is 0.392. The maximum Gasteiger partial charge on any atom is 0.261 e. The van der Waals surface area contributed by atoms with Crippen molar-refractivity contribution >= 4 is 0 Å². The van der Waals surface area contributed by atoms with E-state index < -0.39 is 13.0 Å². The highest BCUT2D eigenvalue weighted by atomic mass is 19.3. The summed E-state index contributed by atoms with van der Waals surface area (Å²) in [5, 5.41) is 7.32. The molecule has 2 atom stereocenters. The number of alkyl halides is 2. The Hall–Kier alpha value is -1.08. The van der Waals surface area contributed by atoms with E-state index in [2.05, 4.69) is 22.4 Å². The van der Waals surface area contributed by atoms with Crippen LogP contribution in [0.25, 0.3) is 0 Å². The first-order valence-corrected chi connectivity index (χ1v) is 7.12. The molecule has 0 spiro atoms. The van der Waals surface area contributed by atoms with Crippen molar-refractivity contribution in [2.24, 2.45) is 0 Å². The van der Waals surface area contributed by atoms with Crippen molar-refractivity contribution in [3.05, 3.63) is 11.7 Å². The summed E-state index contributed by atoms with van der Waals surface area (Å²) >= 11 is 0. The Labute approximate surface area is 117 Å². The quantitative estimate of drug-likeness (QED) is 0.743. The van der Waals surface area contributed by atoms with Crippen molar-refractivity contribution in [3.8, 4) is 0 Å². The predicted octanol–water partition coefficient (Wildman–Crippen LogP) is 2.14. The van der Waals surface area contributed by atoms with E-state index in [4.69, 9.17) is 9.26 Å². The molecular weight excluding hydrogens is 268 g/mol. The fourth-order valence-corrected chi connectivity index (χ4v) is 2.62. The van der Waals surface area contributed by atoms with Gasteiger partial charge in [0.05, 0.1) is 12.5 Å². The summed E-state index contributed by atoms with van der Waals surface area (Å²) in [5.74, 6) is 1.44. The topological polar surface area (TPSA) is 60.2 Å². The Morgan fingerprint density at radius 3 is 3.05 bits per heavy atom. The monoisotopic (exact) mass is 289 g/mol. The fraction of sp³-hybridized carbons (Fsp3) is 0.846. The number of hydrogen-bond acceptors (Lipinski definition) is 5. The molecule has 1 aliphatic carbocycles. The van der Waals surface area contributed by atoms with E-state index in [1.54, 1.807) is 0 Å². The lowest BCUT2D eigenvalue weighted by atomic mass is 10.0. The molecule has 5 nitrogen and oxygen atoms in total. The minimum Gasteiger partial charge on any atom is -0.375 e. The molecule has 0 radical (unpaired) electrons. The number of aromatic nitrogens is 2. The number of likely N-dealkylation sites (N-methyl/N-ethyl adjacent to an activating group) is 1. The van der Waals surface area contributed by atoms with Crippen LogP contribution < -0.4 is 5.32 Å². The number of ether oxygens (including phenoxy) is 1. The largest absolute Gasteiger partial charge is 0.375 e. The van der Waals surface area contributed by atoms with Crippen LogP contribution in [0.2, 0.25) is 0 Å². The second-order valence-electron chi connectivity index (χ2n) is 4.97. The number of hydrogen-bond donors (Lipinski definition) is 1. The predicted molar refractivity (Wildman–Crippen MR) is 68.9 cm³/mol. The third-order valence-electron chi connectivity index (χ3n) is 3.50. The van der Waals surface area contributed by atoms with Crippen molar-refractivity contribution in [1.29, 1.82) is 0 Å². The molecule has 0 aromatic carbocycles. The van der Waals surface area contributed by atoms with E-state index in [1.165, 1.54) is 0 Å². The van der Waals surface area contributed by atoms with E-state index in [0.717, 1.165) is 25.8 Å². The third-order valence-corrected chi connectivity index (χ3v) is 3.50. The molecule has 7 heteroatoms. The number of rotatable bonds is 8. The summed E-state index contributed by atoms with van der Waals surface area (Å²) in [6.45, 7) is 2.64. The second-order valence-corrected chi connectivity index (χ2v) is 4.97. The van der Waals surface area contributed by atoms with E-state index in [1.807, 2.05) is 0 Å². The molecule has 1 N–H and O–H groups in total. The van der Waals surface area contributed by atoms with Gasteiger partial charge in [0.2, 0.25) is 5.89 Å². The molecule has 0 amide bonds. The van der Waals surface area contributed by atoms with Gasteiger partial charge in [0.25, 0.3) is 6.43 Å². The summed E-state index contributed by atoms with van der Waals surface area (Å²) in [7, 11) is 0. The van der Waals surface area contributed by atoms with Gasteiger partial charge in [0.15, 0.2) is 5.82 Å². The van der Waals surface area contributed by atoms with Gasteiger partial charge in [-0.1, -0.05) is 18.5 Å². The Balaban J connectivity index is 1.82. The smallest absolute Gasteiger partial charge is 0.261 e. The minimum atomic E-state index is -2.44. The van der Waals surface area contributed by atoms with Crippen LogP contribution in [-0.4, -0.2) is 42.4 Å². The van der Waals surface area contributed by atoms with Crippen LogP contribution in [0.4, 0.5) is 8.78 Å². The van der Waals surface area contributed by atoms with Gasteiger partial charge in [0, 0.05) is 12.5 Å². The molecule has 1 fully saturated rings. The van der Waals surface area contributed by atoms with Gasteiger partial charge in [-0.2, -0.15) is 4.98 Å². The van der Waals surface area contributed by atoms with Crippen molar-refractivity contribution in [1.82, 2.24) is 15.5 Å². The third kappa shape index (κ3) is 4.21. The fourth-order valence-electron chi connectivity index (χ4n) is 2.62. The van der Waals surface area contributed by atoms with E-state index in [0.29, 0.717) is 24.2 Å². The number of halogens is 2. The van der Waals surface area contributed by atoms with Crippen LogP contribution in [0, 0.1) is 0 Å². The molecule has 1 aromatic heterocycles. The Morgan fingerprint density at radius 1 is 1.45 bits per heavy atom. The van der Waals surface area contributed by atoms with Crippen LogP contribution in [0.1, 0.15) is 43.8 Å². The highest BCUT2D eigenvalue weighted by Gasteiger charge is 2.32. The minimum absolute atomic E-state index is 0.185. The molecule has 1 saturated carbocycles. The van der Waals surface area contributed by atoms with Crippen LogP contribution in [0.3, 0.4) is 0 Å². The summed E-state index contributed by atoms with van der Waals surface area (Å²) < 4.78 is 33.9. The second kappa shape index (κ2) is 7.64. The van der Waals surface area contributed by atoms with E-state index in [9.17, 15) is 8.78 Å². The summed E-state index contributed by atoms with van der Waals surface area (Å²) in [5.41, 5.74) is 0. The van der Waals surface area contributed by atoms with Crippen molar-refractivity contribution < 1.29 is 18.0 Å². The molecule has 20 heavy (non-hydrogen) atoms. The molecule has 2 unspecified atom stereocenters. The molecule has 2 rings (SSSR count).